The molecular formula is C13H22N4. The number of hydrazine groups is 1. The Bertz CT molecular complexity index is 343. The van der Waals surface area contributed by atoms with Crippen molar-refractivity contribution < 1.29 is 0 Å². The lowest BCUT2D eigenvalue weighted by Gasteiger charge is -2.07. The Hall–Kier alpha value is -1.55. The van der Waals surface area contributed by atoms with Crippen molar-refractivity contribution in [1.29, 1.82) is 0 Å². The van der Waals surface area contributed by atoms with Crippen LogP contribution in [0.5, 0.6) is 0 Å². The molecule has 0 heterocycles. The third-order valence-electron chi connectivity index (χ3n) is 2.53. The van der Waals surface area contributed by atoms with Crippen LogP contribution in [0.1, 0.15) is 31.4 Å². The van der Waals surface area contributed by atoms with Gasteiger partial charge in [0.15, 0.2) is 0 Å². The van der Waals surface area contributed by atoms with Crippen LogP contribution < -0.4 is 16.6 Å². The van der Waals surface area contributed by atoms with E-state index in [-0.39, 0.29) is 0 Å². The van der Waals surface area contributed by atoms with Gasteiger partial charge in [0.05, 0.1) is 6.54 Å². The lowest BCUT2D eigenvalue weighted by atomic mass is 10.1. The van der Waals surface area contributed by atoms with E-state index in [4.69, 9.17) is 5.84 Å². The van der Waals surface area contributed by atoms with Crippen LogP contribution in [0.15, 0.2) is 29.3 Å². The maximum atomic E-state index is 5.38. The van der Waals surface area contributed by atoms with Crippen LogP contribution in [0.4, 0.5) is 0 Å². The van der Waals surface area contributed by atoms with Gasteiger partial charge in [0, 0.05) is 6.54 Å². The minimum absolute atomic E-state index is 0.639. The second kappa shape index (κ2) is 7.68. The van der Waals surface area contributed by atoms with Crippen LogP contribution in [0.3, 0.4) is 0 Å². The second-order valence-electron chi connectivity index (χ2n) is 3.91. The first-order valence-corrected chi connectivity index (χ1v) is 6.12. The van der Waals surface area contributed by atoms with E-state index in [9.17, 15) is 0 Å². The molecule has 0 saturated heterocycles. The number of nitrogens with two attached hydrogens (primary N) is 1. The Morgan fingerprint density at radius 1 is 1.18 bits per heavy atom. The maximum Gasteiger partial charge on any atom is 0.206 e. The molecule has 1 aromatic rings. The van der Waals surface area contributed by atoms with E-state index in [0.29, 0.717) is 12.5 Å². The number of rotatable bonds is 5. The molecule has 0 aliphatic heterocycles. The van der Waals surface area contributed by atoms with Crippen molar-refractivity contribution in [3.63, 3.8) is 0 Å². The van der Waals surface area contributed by atoms with E-state index in [1.165, 1.54) is 11.1 Å². The van der Waals surface area contributed by atoms with Crippen molar-refractivity contribution in [2.24, 2.45) is 10.8 Å². The van der Waals surface area contributed by atoms with Gasteiger partial charge in [0.1, 0.15) is 0 Å². The highest BCUT2D eigenvalue weighted by molar-refractivity contribution is 5.79. The second-order valence-corrected chi connectivity index (χ2v) is 3.91. The third-order valence-corrected chi connectivity index (χ3v) is 2.53. The highest BCUT2D eigenvalue weighted by Crippen LogP contribution is 2.05. The molecule has 4 nitrogen and oxygen atoms in total. The first-order chi connectivity index (χ1) is 8.30. The number of hydrogen-bond acceptors (Lipinski definition) is 2. The molecule has 0 fully saturated rings. The summed E-state index contributed by atoms with van der Waals surface area (Å²) >= 11 is 0. The van der Waals surface area contributed by atoms with Gasteiger partial charge in [-0.1, -0.05) is 38.1 Å². The van der Waals surface area contributed by atoms with E-state index in [1.54, 1.807) is 0 Å². The van der Waals surface area contributed by atoms with E-state index < -0.39 is 0 Å². The summed E-state index contributed by atoms with van der Waals surface area (Å²) in [5.74, 6) is 6.02. The summed E-state index contributed by atoms with van der Waals surface area (Å²) < 4.78 is 0. The molecular weight excluding hydrogens is 212 g/mol. The topological polar surface area (TPSA) is 62.4 Å². The summed E-state index contributed by atoms with van der Waals surface area (Å²) in [7, 11) is 0. The zero-order valence-corrected chi connectivity index (χ0v) is 10.7. The molecule has 0 aromatic heterocycles. The number of guanidine groups is 1. The minimum Gasteiger partial charge on any atom is -0.355 e. The van der Waals surface area contributed by atoms with Crippen molar-refractivity contribution >= 4 is 5.96 Å². The summed E-state index contributed by atoms with van der Waals surface area (Å²) in [5, 5.41) is 3.13. The van der Waals surface area contributed by atoms with Crippen molar-refractivity contribution in [3.8, 4) is 0 Å². The molecule has 94 valence electrons. The van der Waals surface area contributed by atoms with Crippen molar-refractivity contribution in [1.82, 2.24) is 10.7 Å². The fourth-order valence-corrected chi connectivity index (χ4v) is 1.45. The Balaban J connectivity index is 2.53. The van der Waals surface area contributed by atoms with Crippen molar-refractivity contribution in [2.45, 2.75) is 33.2 Å². The molecule has 0 atom stereocenters. The fourth-order valence-electron chi connectivity index (χ4n) is 1.45. The smallest absolute Gasteiger partial charge is 0.206 e. The van der Waals surface area contributed by atoms with Crippen molar-refractivity contribution in [2.75, 3.05) is 6.54 Å². The van der Waals surface area contributed by atoms with Crippen LogP contribution in [0, 0.1) is 0 Å². The Morgan fingerprint density at radius 2 is 1.82 bits per heavy atom. The van der Waals surface area contributed by atoms with E-state index in [0.717, 1.165) is 19.4 Å². The lowest BCUT2D eigenvalue weighted by Crippen LogP contribution is -2.41. The number of nitrogens with zero attached hydrogens (tertiary/aromatic N) is 1. The molecule has 0 saturated carbocycles. The molecule has 0 bridgehead atoms. The van der Waals surface area contributed by atoms with Gasteiger partial charge in [0.2, 0.25) is 5.96 Å². The van der Waals surface area contributed by atoms with Crippen LogP contribution in [0.25, 0.3) is 0 Å². The molecule has 4 N–H and O–H groups in total. The zero-order valence-electron chi connectivity index (χ0n) is 10.7. The van der Waals surface area contributed by atoms with E-state index in [1.807, 2.05) is 0 Å². The normalized spacial score (nSPS) is 11.4. The average Bonchev–Trinajstić information content (AvgIpc) is 2.39. The predicted molar refractivity (Wildman–Crippen MR) is 72.6 cm³/mol. The van der Waals surface area contributed by atoms with Gasteiger partial charge in [-0.3, -0.25) is 5.43 Å². The predicted octanol–water partition coefficient (Wildman–Crippen LogP) is 1.57. The van der Waals surface area contributed by atoms with Crippen LogP contribution in [-0.4, -0.2) is 12.5 Å². The molecule has 4 heteroatoms. The number of hydrogen-bond donors (Lipinski definition) is 3. The van der Waals surface area contributed by atoms with E-state index in [2.05, 4.69) is 53.8 Å². The molecule has 0 amide bonds. The van der Waals surface area contributed by atoms with Crippen LogP contribution >= 0.6 is 0 Å². The Kier molecular flexibility index (Phi) is 6.10. The molecule has 17 heavy (non-hydrogen) atoms. The lowest BCUT2D eigenvalue weighted by molar-refractivity contribution is 0.790. The summed E-state index contributed by atoms with van der Waals surface area (Å²) in [6, 6.07) is 8.49. The zero-order chi connectivity index (χ0) is 12.5. The molecule has 0 spiro atoms. The van der Waals surface area contributed by atoms with Gasteiger partial charge in [-0.05, 0) is 24.0 Å². The summed E-state index contributed by atoms with van der Waals surface area (Å²) in [4.78, 5) is 4.37. The quantitative estimate of drug-likeness (QED) is 0.314. The Morgan fingerprint density at radius 3 is 2.35 bits per heavy atom. The molecule has 1 aromatic carbocycles. The fraction of sp³-hybridized carbons (Fsp3) is 0.462. The monoisotopic (exact) mass is 234 g/mol. The largest absolute Gasteiger partial charge is 0.355 e. The van der Waals surface area contributed by atoms with Crippen molar-refractivity contribution in [3.05, 3.63) is 35.4 Å². The SMILES string of the molecule is CCCNC(=NCc1ccc(CC)cc1)NN. The molecule has 0 radical (unpaired) electrons. The van der Waals surface area contributed by atoms with Crippen LogP contribution in [0.2, 0.25) is 0 Å². The Labute approximate surface area is 103 Å². The van der Waals surface area contributed by atoms with Gasteiger partial charge in [-0.25, -0.2) is 10.8 Å². The van der Waals surface area contributed by atoms with Gasteiger partial charge >= 0.3 is 0 Å². The number of aliphatic imine (C=N–C) groups is 1. The molecule has 1 rings (SSSR count). The summed E-state index contributed by atoms with van der Waals surface area (Å²) in [5.41, 5.74) is 5.10. The standard InChI is InChI=1S/C13H22N4/c1-3-9-15-13(17-14)16-10-12-7-5-11(4-2)6-8-12/h5-8H,3-4,9-10,14H2,1-2H3,(H2,15,16,17). The first-order valence-electron chi connectivity index (χ1n) is 6.12. The highest BCUT2D eigenvalue weighted by Gasteiger charge is 1.95. The maximum absolute atomic E-state index is 5.38. The number of aryl methyl sites for hydroxylation is 1. The van der Waals surface area contributed by atoms with Gasteiger partial charge in [0.25, 0.3) is 0 Å². The number of benzene rings is 1. The highest BCUT2D eigenvalue weighted by atomic mass is 15.3. The molecule has 0 unspecified atom stereocenters. The molecule has 0 aliphatic carbocycles. The van der Waals surface area contributed by atoms with Gasteiger partial charge in [-0.2, -0.15) is 0 Å². The summed E-state index contributed by atoms with van der Waals surface area (Å²) in [6.45, 7) is 5.76. The summed E-state index contributed by atoms with van der Waals surface area (Å²) in [6.07, 6.45) is 2.11. The van der Waals surface area contributed by atoms with Gasteiger partial charge in [-0.15, -0.1) is 0 Å². The van der Waals surface area contributed by atoms with Crippen LogP contribution in [-0.2, 0) is 13.0 Å². The minimum atomic E-state index is 0.639. The average molecular weight is 234 g/mol. The first kappa shape index (κ1) is 13.5. The molecule has 0 aliphatic rings. The number of nitrogens with one attached hydrogen (secondary N) is 2. The van der Waals surface area contributed by atoms with Gasteiger partial charge < -0.3 is 5.32 Å². The van der Waals surface area contributed by atoms with E-state index >= 15 is 0 Å². The third kappa shape index (κ3) is 4.87.